The summed E-state index contributed by atoms with van der Waals surface area (Å²) in [6, 6.07) is 2.91. The summed E-state index contributed by atoms with van der Waals surface area (Å²) in [5.74, 6) is 0.260. The summed E-state index contributed by atoms with van der Waals surface area (Å²) < 4.78 is 0. The smallest absolute Gasteiger partial charge is 0.311 e. The van der Waals surface area contributed by atoms with Gasteiger partial charge in [-0.15, -0.1) is 0 Å². The van der Waals surface area contributed by atoms with E-state index in [1.54, 1.807) is 13.0 Å². The van der Waals surface area contributed by atoms with Gasteiger partial charge in [-0.25, -0.2) is 4.98 Å². The Labute approximate surface area is 112 Å². The van der Waals surface area contributed by atoms with Crippen molar-refractivity contribution in [2.24, 2.45) is 0 Å². The molecule has 0 amide bonds. The maximum absolute atomic E-state index is 11.0. The van der Waals surface area contributed by atoms with Gasteiger partial charge in [0.2, 0.25) is 5.82 Å². The molecule has 1 aromatic rings. The molecule has 0 aliphatic heterocycles. The van der Waals surface area contributed by atoms with Crippen LogP contribution < -0.4 is 5.32 Å². The number of rotatable bonds is 3. The van der Waals surface area contributed by atoms with Gasteiger partial charge in [-0.3, -0.25) is 10.1 Å². The van der Waals surface area contributed by atoms with E-state index in [1.807, 2.05) is 0 Å². The minimum atomic E-state index is -0.468. The Hall–Kier alpha value is -1.69. The van der Waals surface area contributed by atoms with Gasteiger partial charge in [0.15, 0.2) is 0 Å². The number of anilines is 1. The summed E-state index contributed by atoms with van der Waals surface area (Å²) in [4.78, 5) is 14.7. The van der Waals surface area contributed by atoms with E-state index < -0.39 is 11.0 Å². The maximum atomic E-state index is 11.0. The van der Waals surface area contributed by atoms with Crippen LogP contribution >= 0.6 is 0 Å². The number of nitrogens with zero attached hydrogens (tertiary/aromatic N) is 2. The summed E-state index contributed by atoms with van der Waals surface area (Å²) in [6.07, 6.45) is 4.20. The largest absolute Gasteiger partial charge is 0.391 e. The van der Waals surface area contributed by atoms with Crippen LogP contribution in [0.1, 0.15) is 37.8 Å². The van der Waals surface area contributed by atoms with Crippen molar-refractivity contribution in [2.45, 2.75) is 51.2 Å². The number of aromatic nitrogens is 1. The van der Waals surface area contributed by atoms with Crippen molar-refractivity contribution in [1.82, 2.24) is 4.98 Å². The topological polar surface area (TPSA) is 88.3 Å². The van der Waals surface area contributed by atoms with E-state index in [4.69, 9.17) is 0 Å². The lowest BCUT2D eigenvalue weighted by Crippen LogP contribution is -2.33. The predicted molar refractivity (Wildman–Crippen MR) is 72.1 cm³/mol. The summed E-state index contributed by atoms with van der Waals surface area (Å²) in [6.45, 7) is 1.79. The van der Waals surface area contributed by atoms with Crippen LogP contribution in [0.4, 0.5) is 11.5 Å². The Bertz CT molecular complexity index is 464. The Balaban J connectivity index is 2.21. The zero-order valence-corrected chi connectivity index (χ0v) is 11.0. The first-order chi connectivity index (χ1) is 9.08. The highest BCUT2D eigenvalue weighted by atomic mass is 16.6. The van der Waals surface area contributed by atoms with Crippen molar-refractivity contribution >= 4 is 11.5 Å². The van der Waals surface area contributed by atoms with Crippen LogP contribution in [-0.2, 0) is 0 Å². The molecule has 1 aliphatic carbocycles. The Kier molecular flexibility index (Phi) is 4.31. The number of nitro groups is 1. The molecule has 1 aromatic heterocycles. The van der Waals surface area contributed by atoms with Crippen LogP contribution in [0.2, 0.25) is 0 Å². The number of nitrogens with one attached hydrogen (secondary N) is 1. The van der Waals surface area contributed by atoms with Gasteiger partial charge >= 0.3 is 5.69 Å². The van der Waals surface area contributed by atoms with Gasteiger partial charge in [0, 0.05) is 11.8 Å². The average molecular weight is 265 g/mol. The molecule has 2 rings (SSSR count). The molecular weight excluding hydrogens is 246 g/mol. The van der Waals surface area contributed by atoms with Crippen molar-refractivity contribution in [3.63, 3.8) is 0 Å². The lowest BCUT2D eigenvalue weighted by molar-refractivity contribution is -0.384. The predicted octanol–water partition coefficient (Wildman–Crippen LogP) is 2.40. The van der Waals surface area contributed by atoms with Gasteiger partial charge in [-0.2, -0.15) is 0 Å². The van der Waals surface area contributed by atoms with Crippen LogP contribution in [0.3, 0.4) is 0 Å². The van der Waals surface area contributed by atoms with Crippen molar-refractivity contribution < 1.29 is 10.0 Å². The average Bonchev–Trinajstić information content (AvgIpc) is 2.55. The fourth-order valence-electron chi connectivity index (χ4n) is 2.43. The van der Waals surface area contributed by atoms with Crippen LogP contribution in [0.15, 0.2) is 12.1 Å². The molecule has 1 aliphatic rings. The molecule has 6 heteroatoms. The third kappa shape index (κ3) is 3.41. The monoisotopic (exact) mass is 265 g/mol. The molecule has 19 heavy (non-hydrogen) atoms. The highest BCUT2D eigenvalue weighted by Gasteiger charge is 2.25. The first-order valence-electron chi connectivity index (χ1n) is 6.64. The Morgan fingerprint density at radius 2 is 2.11 bits per heavy atom. The van der Waals surface area contributed by atoms with E-state index in [2.05, 4.69) is 10.3 Å². The molecular formula is C13H19N3O3. The number of aliphatic hydroxyl groups is 1. The second kappa shape index (κ2) is 5.97. The summed E-state index contributed by atoms with van der Waals surface area (Å²) in [5.41, 5.74) is 0.679. The highest BCUT2D eigenvalue weighted by molar-refractivity contribution is 5.56. The molecule has 2 N–H and O–H groups in total. The highest BCUT2D eigenvalue weighted by Crippen LogP contribution is 2.26. The summed E-state index contributed by atoms with van der Waals surface area (Å²) in [5, 5.41) is 24.1. The zero-order chi connectivity index (χ0) is 13.8. The lowest BCUT2D eigenvalue weighted by Gasteiger charge is -2.22. The first-order valence-corrected chi connectivity index (χ1v) is 6.64. The standard InChI is InChI=1S/C13H19N3O3/c1-9-7-8-11(16(18)19)13(14-9)15-10-5-3-2-4-6-12(10)17/h7-8,10,12,17H,2-6H2,1H3,(H,14,15). The molecule has 0 spiro atoms. The second-order valence-electron chi connectivity index (χ2n) is 5.03. The van der Waals surface area contributed by atoms with Crippen LogP contribution in [-0.4, -0.2) is 27.2 Å². The number of pyridine rings is 1. The van der Waals surface area contributed by atoms with Crippen molar-refractivity contribution in [2.75, 3.05) is 5.32 Å². The maximum Gasteiger partial charge on any atom is 0.311 e. The molecule has 1 heterocycles. The van der Waals surface area contributed by atoms with E-state index in [0.717, 1.165) is 37.8 Å². The van der Waals surface area contributed by atoms with Gasteiger partial charge in [-0.1, -0.05) is 19.3 Å². The number of aliphatic hydroxyl groups excluding tert-OH is 1. The summed E-state index contributed by atoms with van der Waals surface area (Å²) in [7, 11) is 0. The molecule has 1 fully saturated rings. The lowest BCUT2D eigenvalue weighted by atomic mass is 10.1. The van der Waals surface area contributed by atoms with Crippen molar-refractivity contribution in [3.8, 4) is 0 Å². The van der Waals surface area contributed by atoms with E-state index in [1.165, 1.54) is 6.07 Å². The van der Waals surface area contributed by atoms with E-state index in [9.17, 15) is 15.2 Å². The summed E-state index contributed by atoms with van der Waals surface area (Å²) >= 11 is 0. The zero-order valence-electron chi connectivity index (χ0n) is 11.0. The second-order valence-corrected chi connectivity index (χ2v) is 5.03. The third-order valence-electron chi connectivity index (χ3n) is 3.51. The van der Waals surface area contributed by atoms with Gasteiger partial charge in [0.25, 0.3) is 0 Å². The van der Waals surface area contributed by atoms with Crippen LogP contribution in [0.5, 0.6) is 0 Å². The fourth-order valence-corrected chi connectivity index (χ4v) is 2.43. The van der Waals surface area contributed by atoms with Gasteiger partial charge < -0.3 is 10.4 Å². The third-order valence-corrected chi connectivity index (χ3v) is 3.51. The Morgan fingerprint density at radius 1 is 1.37 bits per heavy atom. The normalized spacial score (nSPS) is 23.7. The SMILES string of the molecule is Cc1ccc([N+](=O)[O-])c(NC2CCCCCC2O)n1. The number of aryl methyl sites for hydroxylation is 1. The van der Waals surface area contributed by atoms with Gasteiger partial charge in [0.1, 0.15) is 0 Å². The van der Waals surface area contributed by atoms with E-state index >= 15 is 0 Å². The first kappa shape index (κ1) is 13.7. The van der Waals surface area contributed by atoms with Gasteiger partial charge in [0.05, 0.1) is 17.1 Å². The molecule has 2 atom stereocenters. The molecule has 0 bridgehead atoms. The van der Waals surface area contributed by atoms with E-state index in [-0.39, 0.29) is 17.5 Å². The minimum Gasteiger partial charge on any atom is -0.391 e. The number of hydrogen-bond donors (Lipinski definition) is 2. The minimum absolute atomic E-state index is 0.0398. The molecule has 0 radical (unpaired) electrons. The van der Waals surface area contributed by atoms with Crippen molar-refractivity contribution in [1.29, 1.82) is 0 Å². The Morgan fingerprint density at radius 3 is 2.84 bits per heavy atom. The molecule has 2 unspecified atom stereocenters. The molecule has 0 aromatic carbocycles. The molecule has 1 saturated carbocycles. The van der Waals surface area contributed by atoms with Crippen molar-refractivity contribution in [3.05, 3.63) is 27.9 Å². The van der Waals surface area contributed by atoms with Crippen LogP contribution in [0.25, 0.3) is 0 Å². The van der Waals surface area contributed by atoms with Crippen LogP contribution in [0, 0.1) is 17.0 Å². The molecule has 104 valence electrons. The quantitative estimate of drug-likeness (QED) is 0.497. The fraction of sp³-hybridized carbons (Fsp3) is 0.615. The van der Waals surface area contributed by atoms with Gasteiger partial charge in [-0.05, 0) is 25.8 Å². The molecule has 0 saturated heterocycles. The van der Waals surface area contributed by atoms with E-state index in [0.29, 0.717) is 0 Å². The molecule has 6 nitrogen and oxygen atoms in total. The number of hydrogen-bond acceptors (Lipinski definition) is 5.